The first-order valence-corrected chi connectivity index (χ1v) is 7.04. The first kappa shape index (κ1) is 13.5. The zero-order valence-corrected chi connectivity index (χ0v) is 12.0. The number of benzene rings is 1. The highest BCUT2D eigenvalue weighted by Gasteiger charge is 2.22. The van der Waals surface area contributed by atoms with Crippen molar-refractivity contribution in [3.05, 3.63) is 30.6 Å². The lowest BCUT2D eigenvalue weighted by molar-refractivity contribution is 0.322. The lowest BCUT2D eigenvalue weighted by atomic mass is 10.2. The second-order valence-corrected chi connectivity index (χ2v) is 4.67. The monoisotopic (exact) mass is 286 g/mol. The van der Waals surface area contributed by atoms with Crippen molar-refractivity contribution < 1.29 is 9.47 Å². The summed E-state index contributed by atoms with van der Waals surface area (Å²) < 4.78 is 11.2. The van der Waals surface area contributed by atoms with Crippen LogP contribution in [0.4, 0.5) is 17.2 Å². The molecule has 3 rings (SSSR count). The molecule has 110 valence electrons. The van der Waals surface area contributed by atoms with Gasteiger partial charge in [0.1, 0.15) is 17.8 Å². The van der Waals surface area contributed by atoms with Crippen LogP contribution >= 0.6 is 0 Å². The molecule has 0 amide bonds. The minimum absolute atomic E-state index is 0.421. The smallest absolute Gasteiger partial charge is 0.242 e. The Hall–Kier alpha value is -2.50. The number of fused-ring (bicyclic) bond motifs is 1. The normalized spacial score (nSPS) is 14.0. The van der Waals surface area contributed by atoms with Gasteiger partial charge in [0.2, 0.25) is 5.88 Å². The third-order valence-corrected chi connectivity index (χ3v) is 3.30. The molecule has 0 spiro atoms. The van der Waals surface area contributed by atoms with Crippen LogP contribution in [0.3, 0.4) is 0 Å². The summed E-state index contributed by atoms with van der Waals surface area (Å²) in [6, 6.07) is 7.88. The van der Waals surface area contributed by atoms with Crippen LogP contribution in [0.15, 0.2) is 30.6 Å². The van der Waals surface area contributed by atoms with Crippen LogP contribution in [-0.2, 0) is 0 Å². The zero-order valence-electron chi connectivity index (χ0n) is 12.0. The summed E-state index contributed by atoms with van der Waals surface area (Å²) in [6.07, 6.45) is 2.37. The zero-order chi connectivity index (χ0) is 14.7. The molecule has 1 aromatic heterocycles. The van der Waals surface area contributed by atoms with E-state index in [9.17, 15) is 0 Å². The maximum absolute atomic E-state index is 6.18. The third kappa shape index (κ3) is 2.56. The molecule has 1 aromatic carbocycles. The lowest BCUT2D eigenvalue weighted by Gasteiger charge is -2.24. The van der Waals surface area contributed by atoms with Gasteiger partial charge in [-0.05, 0) is 25.5 Å². The van der Waals surface area contributed by atoms with E-state index in [1.807, 2.05) is 31.2 Å². The average molecular weight is 286 g/mol. The van der Waals surface area contributed by atoms with Crippen LogP contribution in [0.5, 0.6) is 11.6 Å². The number of anilines is 3. The molecular formula is C15H18N4O2. The summed E-state index contributed by atoms with van der Waals surface area (Å²) in [5.74, 6) is 1.92. The molecule has 0 radical (unpaired) electrons. The topological polar surface area (TPSA) is 73.5 Å². The van der Waals surface area contributed by atoms with E-state index >= 15 is 0 Å². The van der Waals surface area contributed by atoms with Crippen LogP contribution in [0.1, 0.15) is 13.3 Å². The lowest BCUT2D eigenvalue weighted by Crippen LogP contribution is -2.21. The Labute approximate surface area is 123 Å². The van der Waals surface area contributed by atoms with Crippen LogP contribution in [0, 0.1) is 0 Å². The van der Waals surface area contributed by atoms with Crippen LogP contribution in [0.25, 0.3) is 0 Å². The first-order chi connectivity index (χ1) is 10.3. The Morgan fingerprint density at radius 3 is 3.05 bits per heavy atom. The van der Waals surface area contributed by atoms with Gasteiger partial charge >= 0.3 is 0 Å². The van der Waals surface area contributed by atoms with Crippen LogP contribution in [0.2, 0.25) is 0 Å². The standard InChI is InChI=1S/C15H18N4O2/c1-2-20-15-13(16)14(17-10-18-15)19-8-5-9-21-12-7-4-3-6-11(12)19/h3-4,6-7,10H,2,5,8-9,16H2,1H3. The largest absolute Gasteiger partial charge is 0.491 e. The van der Waals surface area contributed by atoms with Gasteiger partial charge in [-0.1, -0.05) is 12.1 Å². The molecule has 2 heterocycles. The fraction of sp³-hybridized carbons (Fsp3) is 0.333. The van der Waals surface area contributed by atoms with E-state index in [1.165, 1.54) is 6.33 Å². The molecule has 0 fully saturated rings. The van der Waals surface area contributed by atoms with Gasteiger partial charge in [-0.3, -0.25) is 0 Å². The highest BCUT2D eigenvalue weighted by molar-refractivity contribution is 5.77. The Morgan fingerprint density at radius 1 is 1.33 bits per heavy atom. The number of nitrogens with two attached hydrogens (primary N) is 1. The van der Waals surface area contributed by atoms with Gasteiger partial charge in [-0.15, -0.1) is 0 Å². The van der Waals surface area contributed by atoms with E-state index in [1.54, 1.807) is 0 Å². The van der Waals surface area contributed by atoms with Crippen molar-refractivity contribution in [3.63, 3.8) is 0 Å². The average Bonchev–Trinajstić information content (AvgIpc) is 2.72. The molecule has 0 atom stereocenters. The first-order valence-electron chi connectivity index (χ1n) is 7.04. The SMILES string of the molecule is CCOc1ncnc(N2CCCOc3ccccc32)c1N. The molecule has 2 aromatic rings. The highest BCUT2D eigenvalue weighted by Crippen LogP contribution is 2.38. The molecule has 0 saturated carbocycles. The van der Waals surface area contributed by atoms with Gasteiger partial charge in [0.25, 0.3) is 0 Å². The predicted molar refractivity (Wildman–Crippen MR) is 81.2 cm³/mol. The van der Waals surface area contributed by atoms with Crippen LogP contribution in [-0.4, -0.2) is 29.7 Å². The number of nitrogens with zero attached hydrogens (tertiary/aromatic N) is 3. The van der Waals surface area contributed by atoms with Crippen molar-refractivity contribution in [2.24, 2.45) is 0 Å². The fourth-order valence-corrected chi connectivity index (χ4v) is 2.38. The maximum Gasteiger partial charge on any atom is 0.242 e. The molecule has 6 heteroatoms. The minimum atomic E-state index is 0.421. The summed E-state index contributed by atoms with van der Waals surface area (Å²) >= 11 is 0. The number of para-hydroxylation sites is 2. The number of hydrogen-bond donors (Lipinski definition) is 1. The highest BCUT2D eigenvalue weighted by atomic mass is 16.5. The van der Waals surface area contributed by atoms with Crippen molar-refractivity contribution in [1.29, 1.82) is 0 Å². The predicted octanol–water partition coefficient (Wildman–Crippen LogP) is 2.38. The van der Waals surface area contributed by atoms with E-state index in [0.717, 1.165) is 24.4 Å². The van der Waals surface area contributed by atoms with Gasteiger partial charge < -0.3 is 20.1 Å². The van der Waals surface area contributed by atoms with Gasteiger partial charge in [0.05, 0.1) is 18.9 Å². The molecule has 2 N–H and O–H groups in total. The molecule has 0 bridgehead atoms. The molecule has 21 heavy (non-hydrogen) atoms. The molecule has 1 aliphatic rings. The number of ether oxygens (including phenoxy) is 2. The van der Waals surface area contributed by atoms with Gasteiger partial charge in [0, 0.05) is 6.54 Å². The van der Waals surface area contributed by atoms with E-state index in [-0.39, 0.29) is 0 Å². The summed E-state index contributed by atoms with van der Waals surface area (Å²) in [7, 11) is 0. The number of rotatable bonds is 3. The Morgan fingerprint density at radius 2 is 2.19 bits per heavy atom. The molecule has 0 aliphatic carbocycles. The third-order valence-electron chi connectivity index (χ3n) is 3.30. The Bertz CT molecular complexity index is 633. The van der Waals surface area contributed by atoms with Gasteiger partial charge in [0.15, 0.2) is 5.82 Å². The van der Waals surface area contributed by atoms with E-state index in [2.05, 4.69) is 14.9 Å². The fourth-order valence-electron chi connectivity index (χ4n) is 2.38. The molecule has 0 unspecified atom stereocenters. The van der Waals surface area contributed by atoms with Crippen molar-refractivity contribution in [3.8, 4) is 11.6 Å². The summed E-state index contributed by atoms with van der Waals surface area (Å²) in [4.78, 5) is 10.5. The molecular weight excluding hydrogens is 268 g/mol. The van der Waals surface area contributed by atoms with Crippen molar-refractivity contribution >= 4 is 17.2 Å². The Kier molecular flexibility index (Phi) is 3.77. The van der Waals surface area contributed by atoms with Crippen molar-refractivity contribution in [2.45, 2.75) is 13.3 Å². The summed E-state index contributed by atoms with van der Waals surface area (Å²) in [5, 5.41) is 0. The number of nitrogen functional groups attached to an aromatic ring is 1. The second-order valence-electron chi connectivity index (χ2n) is 4.67. The van der Waals surface area contributed by atoms with E-state index in [4.69, 9.17) is 15.2 Å². The summed E-state index contributed by atoms with van der Waals surface area (Å²) in [6.45, 7) is 3.87. The molecule has 6 nitrogen and oxygen atoms in total. The van der Waals surface area contributed by atoms with E-state index < -0.39 is 0 Å². The number of aromatic nitrogens is 2. The summed E-state index contributed by atoms with van der Waals surface area (Å²) in [5.41, 5.74) is 7.59. The molecule has 0 saturated heterocycles. The Balaban J connectivity index is 2.06. The van der Waals surface area contributed by atoms with E-state index in [0.29, 0.717) is 30.6 Å². The van der Waals surface area contributed by atoms with Gasteiger partial charge in [-0.2, -0.15) is 4.98 Å². The van der Waals surface area contributed by atoms with Crippen LogP contribution < -0.4 is 20.1 Å². The van der Waals surface area contributed by atoms with Crippen molar-refractivity contribution in [2.75, 3.05) is 30.4 Å². The molecule has 1 aliphatic heterocycles. The van der Waals surface area contributed by atoms with Crippen molar-refractivity contribution in [1.82, 2.24) is 9.97 Å². The number of hydrogen-bond acceptors (Lipinski definition) is 6. The maximum atomic E-state index is 6.18. The van der Waals surface area contributed by atoms with Gasteiger partial charge in [-0.25, -0.2) is 4.98 Å². The second kappa shape index (κ2) is 5.87. The quantitative estimate of drug-likeness (QED) is 0.933. The minimum Gasteiger partial charge on any atom is -0.491 e.